The van der Waals surface area contributed by atoms with Crippen LogP contribution in [0.25, 0.3) is 0 Å². The molecule has 0 bridgehead atoms. The number of methoxy groups -OCH3 is 1. The third kappa shape index (κ3) is 2.22. The van der Waals surface area contributed by atoms with E-state index in [1.54, 1.807) is 7.11 Å². The second-order valence-electron chi connectivity index (χ2n) is 2.12. The number of hydrogen-bond acceptors (Lipinski definition) is 3. The van der Waals surface area contributed by atoms with E-state index >= 15 is 0 Å². The van der Waals surface area contributed by atoms with E-state index < -0.39 is 0 Å². The zero-order valence-electron chi connectivity index (χ0n) is 6.28. The topological polar surface area (TPSA) is 38.7 Å². The van der Waals surface area contributed by atoms with Crippen molar-refractivity contribution >= 4 is 0 Å². The molecule has 0 aliphatic heterocycles. The maximum absolute atomic E-state index is 8.11. The molecule has 1 rings (SSSR count). The summed E-state index contributed by atoms with van der Waals surface area (Å²) >= 11 is 0. The van der Waals surface area contributed by atoms with Gasteiger partial charge in [-0.25, -0.2) is 4.89 Å². The average molecular weight is 154 g/mol. The van der Waals surface area contributed by atoms with Gasteiger partial charge < -0.3 is 4.74 Å². The van der Waals surface area contributed by atoms with Gasteiger partial charge in [0.15, 0.2) is 0 Å². The molecule has 11 heavy (non-hydrogen) atoms. The maximum atomic E-state index is 8.11. The summed E-state index contributed by atoms with van der Waals surface area (Å²) in [7, 11) is 1.61. The van der Waals surface area contributed by atoms with E-state index in [0.717, 1.165) is 11.3 Å². The van der Waals surface area contributed by atoms with Gasteiger partial charge in [-0.15, -0.1) is 0 Å². The van der Waals surface area contributed by atoms with E-state index in [0.29, 0.717) is 0 Å². The van der Waals surface area contributed by atoms with Gasteiger partial charge in [-0.1, -0.05) is 12.1 Å². The van der Waals surface area contributed by atoms with Gasteiger partial charge in [0.1, 0.15) is 12.4 Å². The summed E-state index contributed by atoms with van der Waals surface area (Å²) in [4.78, 5) is 3.96. The van der Waals surface area contributed by atoms with Crippen molar-refractivity contribution in [2.45, 2.75) is 6.61 Å². The highest BCUT2D eigenvalue weighted by Crippen LogP contribution is 2.11. The minimum atomic E-state index is 0.212. The normalized spacial score (nSPS) is 9.64. The molecular weight excluding hydrogens is 144 g/mol. The number of hydrogen-bond donors (Lipinski definition) is 1. The Morgan fingerprint density at radius 2 is 1.91 bits per heavy atom. The number of rotatable bonds is 3. The summed E-state index contributed by atoms with van der Waals surface area (Å²) in [6.07, 6.45) is 0. The molecule has 0 fully saturated rings. The zero-order chi connectivity index (χ0) is 8.10. The maximum Gasteiger partial charge on any atom is 0.118 e. The molecule has 3 nitrogen and oxygen atoms in total. The quantitative estimate of drug-likeness (QED) is 0.531. The predicted octanol–water partition coefficient (Wildman–Crippen LogP) is 1.68. The minimum Gasteiger partial charge on any atom is -0.497 e. The van der Waals surface area contributed by atoms with E-state index in [-0.39, 0.29) is 6.61 Å². The van der Waals surface area contributed by atoms with Crippen LogP contribution in [-0.4, -0.2) is 12.4 Å². The Kier molecular flexibility index (Phi) is 2.89. The Balaban J connectivity index is 2.66. The van der Waals surface area contributed by atoms with Crippen LogP contribution in [0.5, 0.6) is 5.75 Å². The fourth-order valence-electron chi connectivity index (χ4n) is 0.796. The molecule has 0 heterocycles. The first-order chi connectivity index (χ1) is 5.36. The summed E-state index contributed by atoms with van der Waals surface area (Å²) in [5, 5.41) is 8.11. The van der Waals surface area contributed by atoms with Crippen LogP contribution in [0.3, 0.4) is 0 Å². The number of ether oxygens (including phenoxy) is 1. The van der Waals surface area contributed by atoms with Crippen molar-refractivity contribution in [1.29, 1.82) is 0 Å². The standard InChI is InChI=1S/C8H10O3/c1-10-8-4-2-7(3-5-8)6-11-9/h2-5,9H,6H2,1H3. The van der Waals surface area contributed by atoms with Crippen molar-refractivity contribution in [3.8, 4) is 5.75 Å². The van der Waals surface area contributed by atoms with Crippen LogP contribution >= 0.6 is 0 Å². The molecule has 0 radical (unpaired) electrons. The Hall–Kier alpha value is -1.06. The molecule has 0 saturated carbocycles. The summed E-state index contributed by atoms with van der Waals surface area (Å²) in [6, 6.07) is 7.28. The van der Waals surface area contributed by atoms with Gasteiger partial charge in [-0.2, -0.15) is 0 Å². The third-order valence-corrected chi connectivity index (χ3v) is 1.39. The lowest BCUT2D eigenvalue weighted by Crippen LogP contribution is -1.88. The lowest BCUT2D eigenvalue weighted by molar-refractivity contribution is -0.253. The van der Waals surface area contributed by atoms with E-state index in [9.17, 15) is 0 Å². The molecule has 60 valence electrons. The van der Waals surface area contributed by atoms with Crippen molar-refractivity contribution in [3.05, 3.63) is 29.8 Å². The van der Waals surface area contributed by atoms with E-state index in [4.69, 9.17) is 9.99 Å². The first-order valence-electron chi connectivity index (χ1n) is 3.26. The van der Waals surface area contributed by atoms with Crippen LogP contribution in [-0.2, 0) is 11.5 Å². The van der Waals surface area contributed by atoms with Gasteiger partial charge in [0, 0.05) is 0 Å². The second kappa shape index (κ2) is 3.95. The first kappa shape index (κ1) is 8.04. The van der Waals surface area contributed by atoms with Crippen LogP contribution in [0.4, 0.5) is 0 Å². The molecule has 0 atom stereocenters. The molecule has 1 N–H and O–H groups in total. The summed E-state index contributed by atoms with van der Waals surface area (Å²) in [6.45, 7) is 0.212. The molecule has 3 heteroatoms. The highest BCUT2D eigenvalue weighted by atomic mass is 17.1. The van der Waals surface area contributed by atoms with E-state index in [1.165, 1.54) is 0 Å². The van der Waals surface area contributed by atoms with Crippen molar-refractivity contribution in [2.24, 2.45) is 0 Å². The van der Waals surface area contributed by atoms with Crippen LogP contribution < -0.4 is 4.74 Å². The molecule has 0 aromatic heterocycles. The van der Waals surface area contributed by atoms with Gasteiger partial charge in [-0.3, -0.25) is 5.26 Å². The van der Waals surface area contributed by atoms with Gasteiger partial charge in [-0.05, 0) is 17.7 Å². The fraction of sp³-hybridized carbons (Fsp3) is 0.250. The van der Waals surface area contributed by atoms with E-state index in [2.05, 4.69) is 4.89 Å². The van der Waals surface area contributed by atoms with Gasteiger partial charge in [0.25, 0.3) is 0 Å². The molecule has 0 spiro atoms. The Morgan fingerprint density at radius 1 is 1.27 bits per heavy atom. The molecule has 1 aromatic carbocycles. The lowest BCUT2D eigenvalue weighted by atomic mass is 10.2. The van der Waals surface area contributed by atoms with Crippen molar-refractivity contribution in [2.75, 3.05) is 7.11 Å². The Bertz CT molecular complexity index is 205. The Morgan fingerprint density at radius 3 is 2.36 bits per heavy atom. The Labute approximate surface area is 65.1 Å². The van der Waals surface area contributed by atoms with Crippen molar-refractivity contribution in [3.63, 3.8) is 0 Å². The number of benzene rings is 1. The SMILES string of the molecule is COc1ccc(COO)cc1. The van der Waals surface area contributed by atoms with Crippen LogP contribution in [0.1, 0.15) is 5.56 Å². The summed E-state index contributed by atoms with van der Waals surface area (Å²) in [5.41, 5.74) is 0.910. The zero-order valence-corrected chi connectivity index (χ0v) is 6.28. The van der Waals surface area contributed by atoms with Gasteiger partial charge in [0.2, 0.25) is 0 Å². The van der Waals surface area contributed by atoms with Crippen LogP contribution in [0.2, 0.25) is 0 Å². The molecule has 0 unspecified atom stereocenters. The molecular formula is C8H10O3. The molecule has 0 saturated heterocycles. The fourth-order valence-corrected chi connectivity index (χ4v) is 0.796. The van der Waals surface area contributed by atoms with Gasteiger partial charge >= 0.3 is 0 Å². The highest BCUT2D eigenvalue weighted by Gasteiger charge is 1.92. The molecule has 0 amide bonds. The highest BCUT2D eigenvalue weighted by molar-refractivity contribution is 5.26. The van der Waals surface area contributed by atoms with Crippen molar-refractivity contribution in [1.82, 2.24) is 0 Å². The van der Waals surface area contributed by atoms with Crippen molar-refractivity contribution < 1.29 is 14.9 Å². The monoisotopic (exact) mass is 154 g/mol. The second-order valence-corrected chi connectivity index (χ2v) is 2.12. The molecule has 0 aliphatic carbocycles. The van der Waals surface area contributed by atoms with Crippen LogP contribution in [0.15, 0.2) is 24.3 Å². The summed E-state index contributed by atoms with van der Waals surface area (Å²) in [5.74, 6) is 0.798. The summed E-state index contributed by atoms with van der Waals surface area (Å²) < 4.78 is 4.94. The molecule has 0 aliphatic rings. The predicted molar refractivity (Wildman–Crippen MR) is 40.4 cm³/mol. The third-order valence-electron chi connectivity index (χ3n) is 1.39. The van der Waals surface area contributed by atoms with E-state index in [1.807, 2.05) is 24.3 Å². The van der Waals surface area contributed by atoms with Gasteiger partial charge in [0.05, 0.1) is 7.11 Å². The first-order valence-corrected chi connectivity index (χ1v) is 3.26. The smallest absolute Gasteiger partial charge is 0.118 e. The minimum absolute atomic E-state index is 0.212. The van der Waals surface area contributed by atoms with Crippen LogP contribution in [0, 0.1) is 0 Å². The average Bonchev–Trinajstić information content (AvgIpc) is 2.07. The molecule has 1 aromatic rings. The lowest BCUT2D eigenvalue weighted by Gasteiger charge is -2.00. The largest absolute Gasteiger partial charge is 0.497 e.